The average molecular weight is 281 g/mol. The van der Waals surface area contributed by atoms with Crippen molar-refractivity contribution in [1.29, 1.82) is 0 Å². The Morgan fingerprint density at radius 1 is 1.20 bits per heavy atom. The number of rotatable bonds is 1. The van der Waals surface area contributed by atoms with E-state index in [0.717, 1.165) is 0 Å². The van der Waals surface area contributed by atoms with Crippen LogP contribution in [-0.2, 0) is 10.0 Å². The van der Waals surface area contributed by atoms with Crippen LogP contribution in [-0.4, -0.2) is 25.9 Å². The van der Waals surface area contributed by atoms with Crippen molar-refractivity contribution >= 4 is 45.7 Å². The normalized spacial score (nSPS) is 18.3. The highest BCUT2D eigenvalue weighted by Crippen LogP contribution is 2.32. The van der Waals surface area contributed by atoms with Crippen molar-refractivity contribution in [1.82, 2.24) is 3.97 Å². The first-order valence-corrected chi connectivity index (χ1v) is 8.74. The summed E-state index contributed by atoms with van der Waals surface area (Å²) in [4.78, 5) is 11.6. The fourth-order valence-corrected chi connectivity index (χ4v) is 5.94. The maximum atomic E-state index is 11.8. The van der Waals surface area contributed by atoms with Gasteiger partial charge in [-0.15, -0.1) is 22.2 Å². The molecule has 0 spiro atoms. The number of fused-ring (bicyclic) bond motifs is 1. The third-order valence-corrected chi connectivity index (χ3v) is 6.93. The molecule has 0 N–H and O–H groups in total. The molecule has 2 rings (SSSR count). The number of carbonyl (C=O) groups excluding carboxylic acids is 1. The molecule has 1 aliphatic heterocycles. The van der Waals surface area contributed by atoms with Crippen molar-refractivity contribution in [2.75, 3.05) is 0 Å². The molecule has 1 radical (unpaired) electrons. The lowest BCUT2D eigenvalue weighted by atomic mass is 10.2. The van der Waals surface area contributed by atoms with Gasteiger partial charge in [-0.1, -0.05) is 12.1 Å². The van der Waals surface area contributed by atoms with E-state index in [4.69, 9.17) is 22.2 Å². The number of amides is 1. The Labute approximate surface area is 97.5 Å². The van der Waals surface area contributed by atoms with Crippen molar-refractivity contribution in [3.05, 3.63) is 29.8 Å². The van der Waals surface area contributed by atoms with Crippen molar-refractivity contribution in [2.45, 2.75) is 4.90 Å². The van der Waals surface area contributed by atoms with Crippen molar-refractivity contribution < 1.29 is 13.2 Å². The quantitative estimate of drug-likeness (QED) is 0.576. The predicted molar refractivity (Wildman–Crippen MR) is 57.3 cm³/mol. The molecule has 0 atom stereocenters. The van der Waals surface area contributed by atoms with Gasteiger partial charge in [-0.05, 0) is 12.1 Å². The second-order valence-corrected chi connectivity index (χ2v) is 8.55. The molecule has 1 amide bonds. The second kappa shape index (κ2) is 3.48. The Hall–Kier alpha value is -0.563. The summed E-state index contributed by atoms with van der Waals surface area (Å²) in [6.45, 7) is 0. The van der Waals surface area contributed by atoms with Gasteiger partial charge in [0.05, 0.1) is 10.5 Å². The van der Waals surface area contributed by atoms with Crippen LogP contribution in [0, 0.1) is 0 Å². The van der Waals surface area contributed by atoms with E-state index in [9.17, 15) is 13.2 Å². The molecule has 1 aliphatic rings. The van der Waals surface area contributed by atoms with Crippen molar-refractivity contribution in [3.63, 3.8) is 0 Å². The standard InChI is InChI=1S/C7H4Cl2NO3SSi/c8-15(9)10-7(11)5-3-1-2-4-6(5)14(10,12)13/h1-4H. The summed E-state index contributed by atoms with van der Waals surface area (Å²) in [5, 5.41) is 0. The summed E-state index contributed by atoms with van der Waals surface area (Å²) in [6, 6.07) is 5.93. The summed E-state index contributed by atoms with van der Waals surface area (Å²) in [5.41, 5.74) is 0.126. The van der Waals surface area contributed by atoms with Gasteiger partial charge >= 0.3 is 7.58 Å². The first kappa shape index (κ1) is 10.9. The predicted octanol–water partition coefficient (Wildman–Crippen LogP) is 1.29. The number of nitrogens with zero attached hydrogens (tertiary/aromatic N) is 1. The molecule has 0 aliphatic carbocycles. The maximum absolute atomic E-state index is 11.8. The molecule has 0 fully saturated rings. The highest BCUT2D eigenvalue weighted by Gasteiger charge is 2.45. The third-order valence-electron chi connectivity index (χ3n) is 1.97. The summed E-state index contributed by atoms with van der Waals surface area (Å²) >= 11 is 11.1. The Morgan fingerprint density at radius 3 is 2.33 bits per heavy atom. The monoisotopic (exact) mass is 280 g/mol. The minimum absolute atomic E-state index is 0.0289. The topological polar surface area (TPSA) is 54.5 Å². The SMILES string of the molecule is O=C1c2ccccc2S(=O)(=O)N1[Si](Cl)Cl. The van der Waals surface area contributed by atoms with Crippen molar-refractivity contribution in [2.24, 2.45) is 0 Å². The van der Waals surface area contributed by atoms with Gasteiger partial charge in [-0.2, -0.15) is 0 Å². The van der Waals surface area contributed by atoms with E-state index < -0.39 is 23.5 Å². The lowest BCUT2D eigenvalue weighted by molar-refractivity contribution is 0.0927. The molecular weight excluding hydrogens is 277 g/mol. The number of carbonyl (C=O) groups is 1. The van der Waals surface area contributed by atoms with Crippen LogP contribution >= 0.6 is 22.2 Å². The molecule has 1 heterocycles. The molecule has 15 heavy (non-hydrogen) atoms. The van der Waals surface area contributed by atoms with Gasteiger partial charge in [0.2, 0.25) is 0 Å². The third kappa shape index (κ3) is 1.48. The van der Waals surface area contributed by atoms with E-state index in [-0.39, 0.29) is 10.5 Å². The number of benzene rings is 1. The summed E-state index contributed by atoms with van der Waals surface area (Å²) in [7, 11) is -6.22. The fourth-order valence-electron chi connectivity index (χ4n) is 1.35. The Balaban J connectivity index is 2.71. The first-order chi connectivity index (χ1) is 6.96. The molecule has 0 aromatic heterocycles. The van der Waals surface area contributed by atoms with Crippen LogP contribution in [0.2, 0.25) is 0 Å². The molecule has 1 aromatic rings. The van der Waals surface area contributed by atoms with Gasteiger partial charge in [0, 0.05) is 0 Å². The van der Waals surface area contributed by atoms with Crippen LogP contribution in [0.1, 0.15) is 10.4 Å². The van der Waals surface area contributed by atoms with Crippen LogP contribution in [0.4, 0.5) is 0 Å². The van der Waals surface area contributed by atoms with Crippen LogP contribution in [0.25, 0.3) is 0 Å². The number of hydrogen-bond acceptors (Lipinski definition) is 3. The molecule has 0 bridgehead atoms. The largest absolute Gasteiger partial charge is 0.412 e. The highest BCUT2D eigenvalue weighted by atomic mass is 35.7. The number of halogens is 2. The molecule has 79 valence electrons. The molecule has 0 saturated carbocycles. The lowest BCUT2D eigenvalue weighted by Crippen LogP contribution is -2.36. The van der Waals surface area contributed by atoms with Gasteiger partial charge in [-0.3, -0.25) is 4.79 Å². The zero-order valence-electron chi connectivity index (χ0n) is 7.15. The average Bonchev–Trinajstić information content (AvgIpc) is 2.36. The summed E-state index contributed by atoms with van der Waals surface area (Å²) in [6.07, 6.45) is 0. The number of sulfonamides is 1. The van der Waals surface area contributed by atoms with E-state index in [1.165, 1.54) is 12.1 Å². The van der Waals surface area contributed by atoms with E-state index in [2.05, 4.69) is 0 Å². The van der Waals surface area contributed by atoms with Gasteiger partial charge in [0.1, 0.15) is 0 Å². The smallest absolute Gasteiger partial charge is 0.269 e. The molecule has 0 saturated heterocycles. The van der Waals surface area contributed by atoms with Crippen molar-refractivity contribution in [3.8, 4) is 0 Å². The first-order valence-electron chi connectivity index (χ1n) is 3.83. The van der Waals surface area contributed by atoms with E-state index in [0.29, 0.717) is 3.97 Å². The van der Waals surface area contributed by atoms with Crippen LogP contribution in [0.3, 0.4) is 0 Å². The fraction of sp³-hybridized carbons (Fsp3) is 0. The zero-order valence-corrected chi connectivity index (χ0v) is 10.5. The van der Waals surface area contributed by atoms with Gasteiger partial charge in [-0.25, -0.2) is 12.4 Å². The molecule has 1 aromatic carbocycles. The second-order valence-electron chi connectivity index (χ2n) is 2.81. The molecular formula is C7H4Cl2NO3SSi. The lowest BCUT2D eigenvalue weighted by Gasteiger charge is -2.12. The Morgan fingerprint density at radius 2 is 1.80 bits per heavy atom. The molecule has 4 nitrogen and oxygen atoms in total. The van der Waals surface area contributed by atoms with Gasteiger partial charge in [0.15, 0.2) is 0 Å². The minimum atomic E-state index is -3.83. The van der Waals surface area contributed by atoms with Crippen LogP contribution in [0.5, 0.6) is 0 Å². The Bertz CT molecular complexity index is 531. The maximum Gasteiger partial charge on any atom is 0.412 e. The van der Waals surface area contributed by atoms with E-state index in [1.807, 2.05) is 0 Å². The number of hydrogen-bond donors (Lipinski definition) is 0. The minimum Gasteiger partial charge on any atom is -0.269 e. The highest BCUT2D eigenvalue weighted by molar-refractivity contribution is 7.92. The zero-order chi connectivity index (χ0) is 11.2. The Kier molecular flexibility index (Phi) is 2.54. The van der Waals surface area contributed by atoms with Gasteiger partial charge < -0.3 is 0 Å². The van der Waals surface area contributed by atoms with Crippen LogP contribution in [0.15, 0.2) is 29.2 Å². The van der Waals surface area contributed by atoms with E-state index >= 15 is 0 Å². The summed E-state index contributed by atoms with van der Waals surface area (Å²) in [5.74, 6) is -0.649. The van der Waals surface area contributed by atoms with Gasteiger partial charge in [0.25, 0.3) is 15.9 Å². The molecule has 0 unspecified atom stereocenters. The summed E-state index contributed by atoms with van der Waals surface area (Å²) < 4.78 is 24.2. The van der Waals surface area contributed by atoms with E-state index in [1.54, 1.807) is 12.1 Å². The molecule has 8 heteroatoms. The van der Waals surface area contributed by atoms with Crippen LogP contribution < -0.4 is 0 Å².